The van der Waals surface area contributed by atoms with Gasteiger partial charge in [0, 0.05) is 5.56 Å². The van der Waals surface area contributed by atoms with Crippen LogP contribution in [0.4, 0.5) is 32.0 Å². The largest absolute Gasteiger partial charge is 0.516 e. The monoisotopic (exact) mass is 460 g/mol. The van der Waals surface area contributed by atoms with Gasteiger partial charge in [0.1, 0.15) is 6.61 Å². The van der Waals surface area contributed by atoms with Crippen molar-refractivity contribution in [2.24, 2.45) is 11.1 Å². The Labute approximate surface area is 170 Å². The number of hydrogen-bond acceptors (Lipinski definition) is 4. The summed E-state index contributed by atoms with van der Waals surface area (Å²) in [5.41, 5.74) is -8.06. The lowest BCUT2D eigenvalue weighted by Gasteiger charge is -2.20. The molecule has 0 atom stereocenters. The van der Waals surface area contributed by atoms with E-state index in [4.69, 9.17) is 4.84 Å². The maximum atomic E-state index is 13.0. The molecule has 0 saturated heterocycles. The number of rotatable bonds is 7. The maximum Gasteiger partial charge on any atom is 0.516 e. The van der Waals surface area contributed by atoms with Gasteiger partial charge in [-0.05, 0) is 37.3 Å². The molecule has 0 aliphatic heterocycles. The van der Waals surface area contributed by atoms with E-state index in [1.54, 1.807) is 6.92 Å². The van der Waals surface area contributed by atoms with Gasteiger partial charge in [0.25, 0.3) is 0 Å². The van der Waals surface area contributed by atoms with E-state index in [1.807, 2.05) is 0 Å². The fourth-order valence-corrected chi connectivity index (χ4v) is 3.71. The van der Waals surface area contributed by atoms with Gasteiger partial charge in [-0.15, -0.1) is 0 Å². The Balaban J connectivity index is 2.36. The summed E-state index contributed by atoms with van der Waals surface area (Å²) in [4.78, 5) is 5.30. The lowest BCUT2D eigenvalue weighted by atomic mass is 9.90. The highest BCUT2D eigenvalue weighted by Gasteiger charge is 2.46. The van der Waals surface area contributed by atoms with Crippen molar-refractivity contribution in [1.29, 1.82) is 0 Å². The Bertz CT molecular complexity index is 860. The van der Waals surface area contributed by atoms with E-state index in [1.165, 1.54) is 4.72 Å². The van der Waals surface area contributed by atoms with Crippen molar-refractivity contribution in [1.82, 2.24) is 0 Å². The lowest BCUT2D eigenvalue weighted by Crippen LogP contribution is -2.30. The molecule has 1 aliphatic rings. The molecule has 1 saturated carbocycles. The van der Waals surface area contributed by atoms with Crippen LogP contribution in [0, 0.1) is 5.92 Å². The summed E-state index contributed by atoms with van der Waals surface area (Å²) >= 11 is 0. The van der Waals surface area contributed by atoms with E-state index in [0.717, 1.165) is 38.2 Å². The molecular formula is C18H22F6N2O3S. The number of nitrogens with one attached hydrogen (secondary N) is 1. The second-order valence-electron chi connectivity index (χ2n) is 7.00. The number of oxime groups is 1. The fraction of sp³-hybridized carbons (Fsp3) is 0.611. The van der Waals surface area contributed by atoms with Crippen molar-refractivity contribution in [3.05, 3.63) is 29.3 Å². The smallest absolute Gasteiger partial charge is 0.395 e. The summed E-state index contributed by atoms with van der Waals surface area (Å²) < 4.78 is 101. The number of sulfonamides is 1. The van der Waals surface area contributed by atoms with Crippen LogP contribution in [0.2, 0.25) is 0 Å². The van der Waals surface area contributed by atoms with Crippen LogP contribution < -0.4 is 4.72 Å². The maximum absolute atomic E-state index is 13.0. The summed E-state index contributed by atoms with van der Waals surface area (Å²) in [6.45, 7) is 1.84. The Hall–Kier alpha value is -1.98. The molecule has 1 N–H and O–H groups in total. The molecule has 5 nitrogen and oxygen atoms in total. The molecule has 0 spiro atoms. The molecule has 1 aromatic rings. The number of benzene rings is 1. The van der Waals surface area contributed by atoms with Crippen LogP contribution in [0.5, 0.6) is 0 Å². The van der Waals surface area contributed by atoms with Crippen molar-refractivity contribution in [2.45, 2.75) is 57.1 Å². The van der Waals surface area contributed by atoms with Crippen molar-refractivity contribution in [3.8, 4) is 0 Å². The number of alkyl halides is 6. The number of hydrogen-bond donors (Lipinski definition) is 1. The van der Waals surface area contributed by atoms with Crippen LogP contribution in [0.15, 0.2) is 23.4 Å². The van der Waals surface area contributed by atoms with E-state index in [2.05, 4.69) is 5.16 Å². The SMILES string of the molecule is CC/C(=N\OCC1CCCCC1)c1ccc(C(F)(F)F)cc1NS(=O)(=O)C(F)(F)F. The summed E-state index contributed by atoms with van der Waals surface area (Å²) in [6, 6.07) is 1.83. The third-order valence-electron chi connectivity index (χ3n) is 4.75. The zero-order valence-electron chi connectivity index (χ0n) is 16.1. The minimum atomic E-state index is -5.93. The quantitative estimate of drug-likeness (QED) is 0.324. The predicted octanol–water partition coefficient (Wildman–Crippen LogP) is 5.68. The van der Waals surface area contributed by atoms with Crippen LogP contribution in [0.25, 0.3) is 0 Å². The van der Waals surface area contributed by atoms with Gasteiger partial charge in [-0.25, -0.2) is 0 Å². The van der Waals surface area contributed by atoms with Crippen molar-refractivity contribution >= 4 is 21.4 Å². The molecule has 1 fully saturated rings. The topological polar surface area (TPSA) is 67.8 Å². The Morgan fingerprint density at radius 1 is 1.13 bits per heavy atom. The first kappa shape index (κ1) is 24.3. The highest BCUT2D eigenvalue weighted by molar-refractivity contribution is 7.93. The van der Waals surface area contributed by atoms with Crippen molar-refractivity contribution < 1.29 is 39.6 Å². The van der Waals surface area contributed by atoms with Gasteiger partial charge in [0.15, 0.2) is 0 Å². The summed E-state index contributed by atoms with van der Waals surface area (Å²) in [5, 5.41) is 3.87. The van der Waals surface area contributed by atoms with Crippen molar-refractivity contribution in [2.75, 3.05) is 11.3 Å². The molecule has 2 rings (SSSR count). The van der Waals surface area contributed by atoms with E-state index < -0.39 is 33.0 Å². The zero-order valence-corrected chi connectivity index (χ0v) is 16.9. The normalized spacial score (nSPS) is 17.1. The third-order valence-corrected chi connectivity index (χ3v) is 5.85. The van der Waals surface area contributed by atoms with Gasteiger partial charge in [0.05, 0.1) is 17.0 Å². The van der Waals surface area contributed by atoms with E-state index >= 15 is 0 Å². The highest BCUT2D eigenvalue weighted by atomic mass is 32.2. The second-order valence-corrected chi connectivity index (χ2v) is 8.67. The van der Waals surface area contributed by atoms with Gasteiger partial charge < -0.3 is 4.84 Å². The van der Waals surface area contributed by atoms with Crippen molar-refractivity contribution in [3.63, 3.8) is 0 Å². The Morgan fingerprint density at radius 3 is 2.30 bits per heavy atom. The minimum Gasteiger partial charge on any atom is -0.395 e. The molecule has 30 heavy (non-hydrogen) atoms. The molecule has 0 heterocycles. The van der Waals surface area contributed by atoms with Crippen LogP contribution in [-0.4, -0.2) is 26.2 Å². The number of anilines is 1. The molecule has 1 aliphatic carbocycles. The van der Waals surface area contributed by atoms with Gasteiger partial charge in [-0.3, -0.25) is 4.72 Å². The first-order valence-electron chi connectivity index (χ1n) is 9.34. The summed E-state index contributed by atoms with van der Waals surface area (Å²) in [7, 11) is -5.93. The number of nitrogens with zero attached hydrogens (tertiary/aromatic N) is 1. The van der Waals surface area contributed by atoms with Gasteiger partial charge >= 0.3 is 21.7 Å². The highest BCUT2D eigenvalue weighted by Crippen LogP contribution is 2.35. The first-order valence-corrected chi connectivity index (χ1v) is 10.8. The molecular weight excluding hydrogens is 438 g/mol. The number of halogens is 6. The van der Waals surface area contributed by atoms with E-state index in [0.29, 0.717) is 12.1 Å². The van der Waals surface area contributed by atoms with Gasteiger partial charge in [0.2, 0.25) is 0 Å². The molecule has 1 aromatic carbocycles. The summed E-state index contributed by atoms with van der Waals surface area (Å²) in [6.07, 6.45) is 0.367. The molecule has 0 unspecified atom stereocenters. The fourth-order valence-electron chi connectivity index (χ4n) is 3.14. The summed E-state index contributed by atoms with van der Waals surface area (Å²) in [5.74, 6) is 0.274. The molecule has 0 bridgehead atoms. The standard InChI is InChI=1S/C18H22F6N2O3S/c1-2-15(25-29-11-12-6-4-3-5-7-12)14-9-8-13(17(19,20)21)10-16(14)26-30(27,28)18(22,23)24/h8-10,12,26H,2-7,11H2,1H3/b25-15+. The molecule has 12 heteroatoms. The van der Waals surface area contributed by atoms with E-state index in [-0.39, 0.29) is 30.2 Å². The lowest BCUT2D eigenvalue weighted by molar-refractivity contribution is -0.137. The third kappa shape index (κ3) is 6.26. The van der Waals surface area contributed by atoms with Crippen LogP contribution in [0.1, 0.15) is 56.6 Å². The van der Waals surface area contributed by atoms with Crippen LogP contribution in [0.3, 0.4) is 0 Å². The minimum absolute atomic E-state index is 0.0272. The molecule has 0 radical (unpaired) electrons. The average Bonchev–Trinajstić information content (AvgIpc) is 2.64. The van der Waals surface area contributed by atoms with E-state index in [9.17, 15) is 34.8 Å². The Kier molecular flexibility index (Phi) is 7.64. The Morgan fingerprint density at radius 2 is 1.77 bits per heavy atom. The van der Waals surface area contributed by atoms with Gasteiger partial charge in [-0.2, -0.15) is 34.8 Å². The zero-order chi connectivity index (χ0) is 22.6. The second kappa shape index (κ2) is 9.44. The molecule has 0 amide bonds. The van der Waals surface area contributed by atoms with Gasteiger partial charge in [-0.1, -0.05) is 37.4 Å². The first-order chi connectivity index (χ1) is 13.8. The van der Waals surface area contributed by atoms with Crippen LogP contribution in [-0.2, 0) is 21.0 Å². The molecule has 0 aromatic heterocycles. The average molecular weight is 460 g/mol. The predicted molar refractivity (Wildman–Crippen MR) is 99.4 cm³/mol. The molecule has 170 valence electrons. The van der Waals surface area contributed by atoms with Crippen LogP contribution >= 0.6 is 0 Å².